The molecule has 1 aromatic carbocycles. The maximum atomic E-state index is 13.9. The molecule has 1 unspecified atom stereocenters. The molecule has 4 rings (SSSR count). The number of benzene rings is 1. The smallest absolute Gasteiger partial charge is 0.409 e. The standard InChI is InChI=1S/C26H32F3N5O9S/c1-5-32(3)23(38)22(26(40)10-33(11-26)25(39)41-4)44-24-21(37)19(20(36)17(43-24)9-42-12(2)35)34-8-16(30-31-34)13-6-14(27)18(29)15(28)7-13/h6-8,17,19-22,24,36-37,40H,5,9-11H2,1-4H3/t17-,19+,20+,21-,22?,24+/m1/s1. The molecule has 18 heteroatoms. The number of amides is 2. The zero-order valence-corrected chi connectivity index (χ0v) is 24.9. The molecule has 242 valence electrons. The lowest BCUT2D eigenvalue weighted by Crippen LogP contribution is -2.71. The summed E-state index contributed by atoms with van der Waals surface area (Å²) in [5.41, 5.74) is -3.41. The number of nitrogens with zero attached hydrogens (tertiary/aromatic N) is 5. The average Bonchev–Trinajstić information content (AvgIpc) is 3.45. The van der Waals surface area contributed by atoms with Crippen LogP contribution in [0.4, 0.5) is 18.0 Å². The summed E-state index contributed by atoms with van der Waals surface area (Å²) in [5.74, 6) is -5.84. The van der Waals surface area contributed by atoms with Crippen LogP contribution in [0.1, 0.15) is 19.9 Å². The van der Waals surface area contributed by atoms with Gasteiger partial charge in [0.15, 0.2) is 17.5 Å². The van der Waals surface area contributed by atoms with Crippen molar-refractivity contribution in [3.63, 3.8) is 0 Å². The Morgan fingerprint density at radius 2 is 1.84 bits per heavy atom. The molecule has 0 spiro atoms. The molecule has 44 heavy (non-hydrogen) atoms. The van der Waals surface area contributed by atoms with E-state index in [1.54, 1.807) is 6.92 Å². The summed E-state index contributed by atoms with van der Waals surface area (Å²) in [4.78, 5) is 39.4. The van der Waals surface area contributed by atoms with E-state index in [9.17, 15) is 42.9 Å². The molecule has 0 radical (unpaired) electrons. The number of thioether (sulfide) groups is 1. The van der Waals surface area contributed by atoms with E-state index in [0.717, 1.165) is 29.6 Å². The predicted molar refractivity (Wildman–Crippen MR) is 145 cm³/mol. The minimum atomic E-state index is -1.75. The van der Waals surface area contributed by atoms with Crippen molar-refractivity contribution in [1.82, 2.24) is 24.8 Å². The maximum Gasteiger partial charge on any atom is 0.409 e. The van der Waals surface area contributed by atoms with E-state index >= 15 is 0 Å². The number of aliphatic hydroxyl groups excluding tert-OH is 2. The number of ether oxygens (including phenoxy) is 3. The number of rotatable bonds is 9. The molecule has 3 N–H and O–H groups in total. The SMILES string of the molecule is CCN(C)C(=O)C(S[C@@H]1O[C@H](COC(C)=O)[C@H](O)[C@H](n2cc(-c3cc(F)c(F)c(F)c3)nn2)[C@H]1O)C1(O)CN(C(=O)OC)C1. The summed E-state index contributed by atoms with van der Waals surface area (Å²) in [6.07, 6.45) is -4.08. The van der Waals surface area contributed by atoms with E-state index < -0.39 is 82.7 Å². The molecule has 0 aliphatic carbocycles. The molecule has 2 aliphatic heterocycles. The van der Waals surface area contributed by atoms with Crippen molar-refractivity contribution < 1.29 is 57.1 Å². The second-order valence-corrected chi connectivity index (χ2v) is 11.7. The van der Waals surface area contributed by atoms with Crippen LogP contribution in [0.3, 0.4) is 0 Å². The highest BCUT2D eigenvalue weighted by Crippen LogP contribution is 2.42. The van der Waals surface area contributed by atoms with Crippen LogP contribution in [0.25, 0.3) is 11.3 Å². The number of aromatic nitrogens is 3. The molecular formula is C26H32F3N5O9S. The summed E-state index contributed by atoms with van der Waals surface area (Å²) in [5, 5.41) is 40.5. The summed E-state index contributed by atoms with van der Waals surface area (Å²) in [6.45, 7) is 2.12. The lowest BCUT2D eigenvalue weighted by molar-refractivity contribution is -0.187. The van der Waals surface area contributed by atoms with Gasteiger partial charge >= 0.3 is 12.1 Å². The topological polar surface area (TPSA) is 177 Å². The zero-order valence-electron chi connectivity index (χ0n) is 24.1. The van der Waals surface area contributed by atoms with Crippen LogP contribution in [0, 0.1) is 17.5 Å². The second-order valence-electron chi connectivity index (χ2n) is 10.5. The van der Waals surface area contributed by atoms with Crippen LogP contribution >= 0.6 is 11.8 Å². The Morgan fingerprint density at radius 1 is 1.20 bits per heavy atom. The Hall–Kier alpha value is -3.45. The van der Waals surface area contributed by atoms with E-state index in [1.807, 2.05) is 0 Å². The Kier molecular flexibility index (Phi) is 10.1. The monoisotopic (exact) mass is 647 g/mol. The van der Waals surface area contributed by atoms with E-state index in [2.05, 4.69) is 15.0 Å². The Labute approximate surface area is 253 Å². The first kappa shape index (κ1) is 33.4. The number of methoxy groups -OCH3 is 1. The van der Waals surface area contributed by atoms with E-state index in [4.69, 9.17) is 9.47 Å². The summed E-state index contributed by atoms with van der Waals surface area (Å²) < 4.78 is 57.8. The number of hydrogen-bond donors (Lipinski definition) is 3. The van der Waals surface area contributed by atoms with Gasteiger partial charge in [0, 0.05) is 26.1 Å². The highest BCUT2D eigenvalue weighted by Gasteiger charge is 2.56. The lowest BCUT2D eigenvalue weighted by atomic mass is 9.89. The van der Waals surface area contributed by atoms with Gasteiger partial charge in [0.1, 0.15) is 52.9 Å². The molecule has 2 saturated heterocycles. The van der Waals surface area contributed by atoms with Crippen molar-refractivity contribution in [2.75, 3.05) is 40.4 Å². The number of carbonyl (C=O) groups excluding carboxylic acids is 3. The summed E-state index contributed by atoms with van der Waals surface area (Å²) in [7, 11) is 2.67. The van der Waals surface area contributed by atoms with E-state index in [1.165, 1.54) is 24.0 Å². The third-order valence-electron chi connectivity index (χ3n) is 7.41. The first-order chi connectivity index (χ1) is 20.7. The van der Waals surface area contributed by atoms with Crippen molar-refractivity contribution in [2.45, 2.75) is 54.5 Å². The molecule has 2 fully saturated rings. The number of hydrogen-bond acceptors (Lipinski definition) is 12. The number of β-amino-alcohol motifs (C(OH)–C–C–N with tert-alkyl or cyclic N) is 1. The Morgan fingerprint density at radius 3 is 2.41 bits per heavy atom. The number of esters is 1. The zero-order chi connectivity index (χ0) is 32.5. The molecule has 2 aromatic rings. The van der Waals surface area contributed by atoms with Crippen LogP contribution in [0.2, 0.25) is 0 Å². The number of aliphatic hydroxyl groups is 3. The van der Waals surface area contributed by atoms with Crippen molar-refractivity contribution in [1.29, 1.82) is 0 Å². The van der Waals surface area contributed by atoms with E-state index in [-0.39, 0.29) is 30.9 Å². The van der Waals surface area contributed by atoms with Gasteiger partial charge < -0.3 is 39.3 Å². The molecule has 14 nitrogen and oxygen atoms in total. The van der Waals surface area contributed by atoms with Crippen LogP contribution in [-0.4, -0.2) is 133 Å². The van der Waals surface area contributed by atoms with Gasteiger partial charge in [-0.1, -0.05) is 5.21 Å². The third kappa shape index (κ3) is 6.63. The fourth-order valence-corrected chi connectivity index (χ4v) is 6.38. The minimum Gasteiger partial charge on any atom is -0.463 e. The summed E-state index contributed by atoms with van der Waals surface area (Å²) in [6, 6.07) is 0.0205. The van der Waals surface area contributed by atoms with Crippen molar-refractivity contribution >= 4 is 29.7 Å². The van der Waals surface area contributed by atoms with Gasteiger partial charge in [-0.25, -0.2) is 22.6 Å². The minimum absolute atomic E-state index is 0.126. The fraction of sp³-hybridized carbons (Fsp3) is 0.577. The number of likely N-dealkylation sites (tertiary alicyclic amines) is 1. The molecule has 6 atom stereocenters. The first-order valence-electron chi connectivity index (χ1n) is 13.4. The molecule has 0 saturated carbocycles. The molecular weight excluding hydrogens is 615 g/mol. The van der Waals surface area contributed by atoms with E-state index in [0.29, 0.717) is 12.1 Å². The van der Waals surface area contributed by atoms with Crippen LogP contribution < -0.4 is 0 Å². The maximum absolute atomic E-state index is 13.9. The van der Waals surface area contributed by atoms with Gasteiger partial charge in [0.05, 0.1) is 26.4 Å². The van der Waals surface area contributed by atoms with Crippen LogP contribution in [0.15, 0.2) is 18.3 Å². The number of halogens is 3. The van der Waals surface area contributed by atoms with Gasteiger partial charge in [-0.2, -0.15) is 0 Å². The lowest BCUT2D eigenvalue weighted by Gasteiger charge is -2.50. The van der Waals surface area contributed by atoms with Crippen molar-refractivity contribution in [2.24, 2.45) is 0 Å². The normalized spacial score (nSPS) is 25.1. The Balaban J connectivity index is 1.67. The molecule has 3 heterocycles. The van der Waals surface area contributed by atoms with Gasteiger partial charge in [-0.15, -0.1) is 16.9 Å². The average molecular weight is 648 g/mol. The van der Waals surface area contributed by atoms with Gasteiger partial charge in [0.25, 0.3) is 0 Å². The summed E-state index contributed by atoms with van der Waals surface area (Å²) >= 11 is 0.731. The van der Waals surface area contributed by atoms with Gasteiger partial charge in [-0.3, -0.25) is 9.59 Å². The van der Waals surface area contributed by atoms with Crippen LogP contribution in [-0.2, 0) is 23.8 Å². The van der Waals surface area contributed by atoms with Crippen LogP contribution in [0.5, 0.6) is 0 Å². The van der Waals surface area contributed by atoms with Crippen molar-refractivity contribution in [3.8, 4) is 11.3 Å². The molecule has 2 aliphatic rings. The molecule has 2 amide bonds. The molecule has 0 bridgehead atoms. The second kappa shape index (κ2) is 13.3. The van der Waals surface area contributed by atoms with Gasteiger partial charge in [0.2, 0.25) is 5.91 Å². The molecule has 1 aromatic heterocycles. The largest absolute Gasteiger partial charge is 0.463 e. The number of carbonyl (C=O) groups is 3. The van der Waals surface area contributed by atoms with Crippen molar-refractivity contribution in [3.05, 3.63) is 35.8 Å². The highest BCUT2D eigenvalue weighted by atomic mass is 32.2. The Bertz CT molecular complexity index is 1370. The quantitative estimate of drug-likeness (QED) is 0.251. The third-order valence-corrected chi connectivity index (χ3v) is 8.98. The first-order valence-corrected chi connectivity index (χ1v) is 14.3. The predicted octanol–water partition coefficient (Wildman–Crippen LogP) is 0.307. The van der Waals surface area contributed by atoms with Gasteiger partial charge in [-0.05, 0) is 19.1 Å². The highest BCUT2D eigenvalue weighted by molar-refractivity contribution is 8.01. The fourth-order valence-electron chi connectivity index (χ4n) is 4.88.